The summed E-state index contributed by atoms with van der Waals surface area (Å²) in [6, 6.07) is 0. The van der Waals surface area contributed by atoms with Crippen LogP contribution in [0.15, 0.2) is 10.8 Å². The maximum Gasteiger partial charge on any atom is 0.239 e. The Bertz CT molecular complexity index is 384. The van der Waals surface area contributed by atoms with Crippen LogP contribution in [0.1, 0.15) is 6.92 Å². The molecule has 0 bridgehead atoms. The molecular weight excluding hydrogens is 274 g/mol. The van der Waals surface area contributed by atoms with E-state index in [2.05, 4.69) is 31.2 Å². The molecule has 7 heteroatoms. The summed E-state index contributed by atoms with van der Waals surface area (Å²) in [6.07, 6.45) is 1.38. The fourth-order valence-electron chi connectivity index (χ4n) is 1.18. The Morgan fingerprint density at radius 2 is 2.31 bits per heavy atom. The first kappa shape index (κ1) is 12.7. The minimum atomic E-state index is -0.0778. The summed E-state index contributed by atoms with van der Waals surface area (Å²) in [5.41, 5.74) is 5.65. The number of nitrogens with zero attached hydrogens (tertiary/aromatic N) is 3. The van der Waals surface area contributed by atoms with Gasteiger partial charge in [0, 0.05) is 13.6 Å². The molecule has 3 N–H and O–H groups in total. The fourth-order valence-corrected chi connectivity index (χ4v) is 1.64. The minimum absolute atomic E-state index is 0.0778. The van der Waals surface area contributed by atoms with Gasteiger partial charge in [-0.05, 0) is 22.9 Å². The molecule has 1 rings (SSSR count). The van der Waals surface area contributed by atoms with Crippen LogP contribution < -0.4 is 16.0 Å². The number of aromatic nitrogens is 2. The van der Waals surface area contributed by atoms with Crippen LogP contribution >= 0.6 is 15.9 Å². The smallest absolute Gasteiger partial charge is 0.239 e. The maximum atomic E-state index is 11.3. The zero-order valence-electron chi connectivity index (χ0n) is 9.20. The van der Waals surface area contributed by atoms with E-state index >= 15 is 0 Å². The van der Waals surface area contributed by atoms with Gasteiger partial charge in [0.2, 0.25) is 5.91 Å². The Morgan fingerprint density at radius 3 is 2.88 bits per heavy atom. The molecule has 0 aromatic carbocycles. The van der Waals surface area contributed by atoms with E-state index in [0.29, 0.717) is 22.7 Å². The average Bonchev–Trinajstić information content (AvgIpc) is 2.29. The molecule has 0 radical (unpaired) electrons. The van der Waals surface area contributed by atoms with Crippen molar-refractivity contribution in [3.05, 3.63) is 10.8 Å². The van der Waals surface area contributed by atoms with Crippen molar-refractivity contribution in [2.45, 2.75) is 6.92 Å². The van der Waals surface area contributed by atoms with Gasteiger partial charge in [-0.25, -0.2) is 9.97 Å². The summed E-state index contributed by atoms with van der Waals surface area (Å²) in [5.74, 6) is 0.907. The maximum absolute atomic E-state index is 11.3. The van der Waals surface area contributed by atoms with Gasteiger partial charge in [0.05, 0.1) is 6.54 Å². The molecule has 0 saturated carbocycles. The molecule has 0 spiro atoms. The number of rotatable bonds is 4. The Balaban J connectivity index is 2.95. The Labute approximate surface area is 102 Å². The largest absolute Gasteiger partial charge is 0.383 e. The Hall–Kier alpha value is -1.37. The van der Waals surface area contributed by atoms with Gasteiger partial charge >= 0.3 is 0 Å². The highest BCUT2D eigenvalue weighted by Gasteiger charge is 2.15. The number of nitrogen functional groups attached to an aromatic ring is 1. The fraction of sp³-hybridized carbons (Fsp3) is 0.444. The quantitative estimate of drug-likeness (QED) is 0.837. The lowest BCUT2D eigenvalue weighted by molar-refractivity contribution is -0.119. The van der Waals surface area contributed by atoms with Crippen LogP contribution in [0.2, 0.25) is 0 Å². The van der Waals surface area contributed by atoms with Gasteiger partial charge < -0.3 is 16.0 Å². The number of nitrogens with two attached hydrogens (primary N) is 1. The van der Waals surface area contributed by atoms with E-state index in [0.717, 1.165) is 0 Å². The molecule has 0 atom stereocenters. The van der Waals surface area contributed by atoms with Gasteiger partial charge in [-0.1, -0.05) is 0 Å². The summed E-state index contributed by atoms with van der Waals surface area (Å²) in [7, 11) is 1.60. The summed E-state index contributed by atoms with van der Waals surface area (Å²) in [6.45, 7) is 2.83. The van der Waals surface area contributed by atoms with Gasteiger partial charge in [-0.2, -0.15) is 0 Å². The predicted octanol–water partition coefficient (Wildman–Crippen LogP) is 0.394. The van der Waals surface area contributed by atoms with E-state index in [1.54, 1.807) is 11.9 Å². The lowest BCUT2D eigenvalue weighted by Crippen LogP contribution is -2.36. The summed E-state index contributed by atoms with van der Waals surface area (Å²) in [5, 5.41) is 2.56. The molecule has 6 nitrogen and oxygen atoms in total. The number of anilines is 2. The summed E-state index contributed by atoms with van der Waals surface area (Å²) < 4.78 is 0.612. The van der Waals surface area contributed by atoms with Crippen LogP contribution in [0.5, 0.6) is 0 Å². The molecule has 1 aromatic heterocycles. The molecule has 88 valence electrons. The topological polar surface area (TPSA) is 84.1 Å². The summed E-state index contributed by atoms with van der Waals surface area (Å²) in [4.78, 5) is 21.1. The first-order valence-corrected chi connectivity index (χ1v) is 5.61. The van der Waals surface area contributed by atoms with Gasteiger partial charge in [0.1, 0.15) is 22.4 Å². The van der Waals surface area contributed by atoms with Gasteiger partial charge in [-0.3, -0.25) is 4.79 Å². The van der Waals surface area contributed by atoms with Crippen molar-refractivity contribution in [3.8, 4) is 0 Å². The first-order valence-electron chi connectivity index (χ1n) is 4.81. The van der Waals surface area contributed by atoms with Crippen molar-refractivity contribution < 1.29 is 4.79 Å². The van der Waals surface area contributed by atoms with Crippen LogP contribution in [-0.4, -0.2) is 36.0 Å². The van der Waals surface area contributed by atoms with E-state index in [9.17, 15) is 4.79 Å². The normalized spacial score (nSPS) is 9.94. The van der Waals surface area contributed by atoms with E-state index in [4.69, 9.17) is 5.73 Å². The lowest BCUT2D eigenvalue weighted by atomic mass is 10.4. The monoisotopic (exact) mass is 287 g/mol. The third-order valence-electron chi connectivity index (χ3n) is 2.09. The molecule has 0 aliphatic rings. The number of hydrogen-bond donors (Lipinski definition) is 2. The van der Waals surface area contributed by atoms with Crippen molar-refractivity contribution in [2.24, 2.45) is 0 Å². The van der Waals surface area contributed by atoms with Crippen LogP contribution in [0, 0.1) is 0 Å². The number of likely N-dealkylation sites (N-methyl/N-ethyl adjacent to an activating group) is 2. The third-order valence-corrected chi connectivity index (χ3v) is 2.85. The lowest BCUT2D eigenvalue weighted by Gasteiger charge is -2.22. The number of carbonyl (C=O) groups excluding carboxylic acids is 1. The van der Waals surface area contributed by atoms with Crippen LogP contribution in [0.4, 0.5) is 11.6 Å². The van der Waals surface area contributed by atoms with Crippen molar-refractivity contribution >= 4 is 33.5 Å². The van der Waals surface area contributed by atoms with E-state index < -0.39 is 0 Å². The summed E-state index contributed by atoms with van der Waals surface area (Å²) >= 11 is 3.31. The number of hydrogen-bond acceptors (Lipinski definition) is 5. The van der Waals surface area contributed by atoms with Crippen molar-refractivity contribution in [2.75, 3.05) is 30.8 Å². The molecule has 1 heterocycles. The zero-order valence-corrected chi connectivity index (χ0v) is 10.8. The number of halogens is 1. The average molecular weight is 288 g/mol. The highest BCUT2D eigenvalue weighted by Crippen LogP contribution is 2.26. The second-order valence-electron chi connectivity index (χ2n) is 3.08. The van der Waals surface area contributed by atoms with Gasteiger partial charge in [0.25, 0.3) is 0 Å². The van der Waals surface area contributed by atoms with Crippen LogP contribution in [0.3, 0.4) is 0 Å². The van der Waals surface area contributed by atoms with Crippen molar-refractivity contribution in [3.63, 3.8) is 0 Å². The second-order valence-corrected chi connectivity index (χ2v) is 3.88. The molecule has 0 saturated heterocycles. The standard InChI is InChI=1S/C9H14BrN5O/c1-3-15(4-6(16)12-2)9-7(10)8(11)13-5-14-9/h5H,3-4H2,1-2H3,(H,12,16)(H2,11,13,14). The molecule has 1 aromatic rings. The third kappa shape index (κ3) is 2.82. The van der Waals surface area contributed by atoms with E-state index in [-0.39, 0.29) is 12.5 Å². The number of amides is 1. The van der Waals surface area contributed by atoms with Crippen LogP contribution in [0.25, 0.3) is 0 Å². The Morgan fingerprint density at radius 1 is 1.62 bits per heavy atom. The number of carbonyl (C=O) groups is 1. The Kier molecular flexibility index (Phi) is 4.48. The number of nitrogens with one attached hydrogen (secondary N) is 1. The second kappa shape index (κ2) is 5.64. The predicted molar refractivity (Wildman–Crippen MR) is 66.1 cm³/mol. The molecular formula is C9H14BrN5O. The van der Waals surface area contributed by atoms with Gasteiger partial charge in [-0.15, -0.1) is 0 Å². The first-order chi connectivity index (χ1) is 7.60. The molecule has 0 unspecified atom stereocenters. The van der Waals surface area contributed by atoms with Crippen molar-refractivity contribution in [1.82, 2.24) is 15.3 Å². The molecule has 1 amide bonds. The molecule has 0 aliphatic carbocycles. The SMILES string of the molecule is CCN(CC(=O)NC)c1ncnc(N)c1Br. The molecule has 16 heavy (non-hydrogen) atoms. The van der Waals surface area contributed by atoms with Gasteiger partial charge in [0.15, 0.2) is 0 Å². The molecule has 0 fully saturated rings. The molecule has 0 aliphatic heterocycles. The van der Waals surface area contributed by atoms with Crippen LogP contribution in [-0.2, 0) is 4.79 Å². The van der Waals surface area contributed by atoms with E-state index in [1.807, 2.05) is 6.92 Å². The highest BCUT2D eigenvalue weighted by atomic mass is 79.9. The van der Waals surface area contributed by atoms with E-state index in [1.165, 1.54) is 6.33 Å². The zero-order chi connectivity index (χ0) is 12.1. The van der Waals surface area contributed by atoms with Crippen molar-refractivity contribution in [1.29, 1.82) is 0 Å². The highest BCUT2D eigenvalue weighted by molar-refractivity contribution is 9.10. The minimum Gasteiger partial charge on any atom is -0.383 e.